The van der Waals surface area contributed by atoms with Crippen molar-refractivity contribution in [3.05, 3.63) is 18.0 Å². The molecular weight excluding hydrogens is 164 g/mol. The van der Waals surface area contributed by atoms with E-state index in [0.29, 0.717) is 6.04 Å². The van der Waals surface area contributed by atoms with Gasteiger partial charge in [-0.25, -0.2) is 0 Å². The highest BCUT2D eigenvalue weighted by molar-refractivity contribution is 5.03. The minimum absolute atomic E-state index is 0.412. The molecule has 2 rings (SSSR count). The third-order valence-corrected chi connectivity index (χ3v) is 2.60. The monoisotopic (exact) mass is 180 g/mol. The largest absolute Gasteiger partial charge is 0.276 e. The van der Waals surface area contributed by atoms with Crippen molar-refractivity contribution in [2.75, 3.05) is 0 Å². The van der Waals surface area contributed by atoms with E-state index in [1.165, 1.54) is 12.8 Å². The number of nitrogens with zero attached hydrogens (tertiary/aromatic N) is 2. The van der Waals surface area contributed by atoms with Gasteiger partial charge in [0.15, 0.2) is 0 Å². The van der Waals surface area contributed by atoms with E-state index in [1.54, 1.807) is 0 Å². The van der Waals surface area contributed by atoms with Crippen LogP contribution in [-0.4, -0.2) is 15.8 Å². The highest BCUT2D eigenvalue weighted by Crippen LogP contribution is 2.33. The van der Waals surface area contributed by atoms with Crippen LogP contribution in [0.15, 0.2) is 12.3 Å². The van der Waals surface area contributed by atoms with E-state index >= 15 is 0 Å². The first-order chi connectivity index (χ1) is 6.29. The van der Waals surface area contributed by atoms with Crippen molar-refractivity contribution in [3.63, 3.8) is 0 Å². The van der Waals surface area contributed by atoms with Crippen molar-refractivity contribution in [3.8, 4) is 0 Å². The number of nitrogens with one attached hydrogen (secondary N) is 1. The molecule has 0 aromatic carbocycles. The van der Waals surface area contributed by atoms with Crippen molar-refractivity contribution in [1.29, 1.82) is 0 Å². The van der Waals surface area contributed by atoms with E-state index in [1.807, 2.05) is 24.0 Å². The molecule has 4 heteroatoms. The van der Waals surface area contributed by atoms with Crippen LogP contribution in [0.4, 0.5) is 0 Å². The molecule has 0 saturated heterocycles. The summed E-state index contributed by atoms with van der Waals surface area (Å²) in [5.41, 5.74) is 4.00. The molecule has 0 amide bonds. The van der Waals surface area contributed by atoms with Gasteiger partial charge in [-0.1, -0.05) is 0 Å². The average molecular weight is 180 g/mol. The highest BCUT2D eigenvalue weighted by Gasteiger charge is 2.30. The molecule has 72 valence electrons. The van der Waals surface area contributed by atoms with Crippen molar-refractivity contribution in [2.24, 2.45) is 18.8 Å². The van der Waals surface area contributed by atoms with Gasteiger partial charge in [-0.05, 0) is 24.8 Å². The Kier molecular flexibility index (Phi) is 2.33. The maximum atomic E-state index is 5.48. The van der Waals surface area contributed by atoms with Crippen LogP contribution in [0, 0.1) is 5.92 Å². The molecule has 3 N–H and O–H groups in total. The van der Waals surface area contributed by atoms with E-state index in [9.17, 15) is 0 Å². The van der Waals surface area contributed by atoms with Gasteiger partial charge in [-0.15, -0.1) is 0 Å². The Labute approximate surface area is 78.1 Å². The second-order valence-corrected chi connectivity index (χ2v) is 3.80. The van der Waals surface area contributed by atoms with Crippen LogP contribution in [0.1, 0.15) is 18.5 Å². The molecule has 0 aliphatic heterocycles. The molecule has 0 bridgehead atoms. The summed E-state index contributed by atoms with van der Waals surface area (Å²) in [6, 6.07) is 2.46. The SMILES string of the molecule is Cn1ccc(CC(NN)C2CC2)n1. The van der Waals surface area contributed by atoms with Gasteiger partial charge in [0.05, 0.1) is 5.69 Å². The Hall–Kier alpha value is -0.870. The predicted molar refractivity (Wildman–Crippen MR) is 50.7 cm³/mol. The van der Waals surface area contributed by atoms with Crippen LogP contribution in [0.2, 0.25) is 0 Å². The van der Waals surface area contributed by atoms with E-state index in [-0.39, 0.29) is 0 Å². The third kappa shape index (κ3) is 2.08. The average Bonchev–Trinajstić information content (AvgIpc) is 2.87. The first kappa shape index (κ1) is 8.72. The maximum absolute atomic E-state index is 5.48. The molecule has 4 nitrogen and oxygen atoms in total. The smallest absolute Gasteiger partial charge is 0.0640 e. The summed E-state index contributed by atoms with van der Waals surface area (Å²) < 4.78 is 1.83. The van der Waals surface area contributed by atoms with Crippen LogP contribution in [0.3, 0.4) is 0 Å². The summed E-state index contributed by atoms with van der Waals surface area (Å²) in [5.74, 6) is 6.25. The standard InChI is InChI=1S/C9H16N4/c1-13-5-4-8(12-13)6-9(11-10)7-2-3-7/h4-5,7,9,11H,2-3,6,10H2,1H3. The van der Waals surface area contributed by atoms with Gasteiger partial charge >= 0.3 is 0 Å². The van der Waals surface area contributed by atoms with Gasteiger partial charge in [0.2, 0.25) is 0 Å². The summed E-state index contributed by atoms with van der Waals surface area (Å²) in [6.07, 6.45) is 5.53. The zero-order valence-corrected chi connectivity index (χ0v) is 7.90. The van der Waals surface area contributed by atoms with E-state index in [0.717, 1.165) is 18.0 Å². The number of hydrazine groups is 1. The van der Waals surface area contributed by atoms with Crippen LogP contribution in [0.25, 0.3) is 0 Å². The Bertz CT molecular complexity index is 277. The van der Waals surface area contributed by atoms with Gasteiger partial charge in [-0.2, -0.15) is 5.10 Å². The minimum Gasteiger partial charge on any atom is -0.276 e. The number of hydrogen-bond acceptors (Lipinski definition) is 3. The van der Waals surface area contributed by atoms with Crippen molar-refractivity contribution < 1.29 is 0 Å². The lowest BCUT2D eigenvalue weighted by Gasteiger charge is -2.12. The van der Waals surface area contributed by atoms with Crippen LogP contribution >= 0.6 is 0 Å². The summed E-state index contributed by atoms with van der Waals surface area (Å²) >= 11 is 0. The van der Waals surface area contributed by atoms with Crippen molar-refractivity contribution in [1.82, 2.24) is 15.2 Å². The first-order valence-corrected chi connectivity index (χ1v) is 4.74. The molecule has 13 heavy (non-hydrogen) atoms. The van der Waals surface area contributed by atoms with E-state index < -0.39 is 0 Å². The zero-order chi connectivity index (χ0) is 9.26. The molecule has 1 unspecified atom stereocenters. The summed E-state index contributed by atoms with van der Waals surface area (Å²) in [6.45, 7) is 0. The molecule has 1 aromatic heterocycles. The number of aryl methyl sites for hydroxylation is 1. The summed E-state index contributed by atoms with van der Waals surface area (Å²) in [7, 11) is 1.94. The Morgan fingerprint density at radius 1 is 1.77 bits per heavy atom. The van der Waals surface area contributed by atoms with E-state index in [2.05, 4.69) is 10.5 Å². The molecule has 1 heterocycles. The van der Waals surface area contributed by atoms with Crippen LogP contribution in [-0.2, 0) is 13.5 Å². The molecule has 1 aromatic rings. The first-order valence-electron chi connectivity index (χ1n) is 4.74. The van der Waals surface area contributed by atoms with Gasteiger partial charge in [-0.3, -0.25) is 16.0 Å². The van der Waals surface area contributed by atoms with Crippen molar-refractivity contribution >= 4 is 0 Å². The fourth-order valence-electron chi connectivity index (χ4n) is 1.66. The third-order valence-electron chi connectivity index (χ3n) is 2.60. The van der Waals surface area contributed by atoms with Gasteiger partial charge < -0.3 is 0 Å². The Morgan fingerprint density at radius 3 is 3.00 bits per heavy atom. The molecule has 0 spiro atoms. The second kappa shape index (κ2) is 3.47. The summed E-state index contributed by atoms with van der Waals surface area (Å²) in [4.78, 5) is 0. The quantitative estimate of drug-likeness (QED) is 0.514. The maximum Gasteiger partial charge on any atom is 0.0640 e. The highest BCUT2D eigenvalue weighted by atomic mass is 15.3. The lowest BCUT2D eigenvalue weighted by molar-refractivity contribution is 0.466. The molecule has 1 aliphatic rings. The number of rotatable bonds is 4. The number of nitrogens with two attached hydrogens (primary N) is 1. The van der Waals surface area contributed by atoms with Gasteiger partial charge in [0.1, 0.15) is 0 Å². The molecule has 0 radical (unpaired) electrons. The topological polar surface area (TPSA) is 55.9 Å². The normalized spacial score (nSPS) is 18.9. The zero-order valence-electron chi connectivity index (χ0n) is 7.90. The fraction of sp³-hybridized carbons (Fsp3) is 0.667. The van der Waals surface area contributed by atoms with Gasteiger partial charge in [0.25, 0.3) is 0 Å². The van der Waals surface area contributed by atoms with Gasteiger partial charge in [0, 0.05) is 25.7 Å². The van der Waals surface area contributed by atoms with E-state index in [4.69, 9.17) is 5.84 Å². The lowest BCUT2D eigenvalue weighted by Crippen LogP contribution is -2.38. The summed E-state index contributed by atoms with van der Waals surface area (Å²) in [5, 5.41) is 4.33. The molecular formula is C9H16N4. The van der Waals surface area contributed by atoms with Crippen LogP contribution in [0.5, 0.6) is 0 Å². The molecule has 1 fully saturated rings. The molecule has 1 atom stereocenters. The predicted octanol–water partition coefficient (Wildman–Crippen LogP) is 0.204. The minimum atomic E-state index is 0.412. The van der Waals surface area contributed by atoms with Crippen LogP contribution < -0.4 is 11.3 Å². The Balaban J connectivity index is 1.95. The molecule has 1 saturated carbocycles. The second-order valence-electron chi connectivity index (χ2n) is 3.80. The number of hydrogen-bond donors (Lipinski definition) is 2. The van der Waals surface area contributed by atoms with Crippen molar-refractivity contribution in [2.45, 2.75) is 25.3 Å². The molecule has 1 aliphatic carbocycles. The number of aromatic nitrogens is 2. The lowest BCUT2D eigenvalue weighted by atomic mass is 10.1. The fourth-order valence-corrected chi connectivity index (χ4v) is 1.66. The Morgan fingerprint density at radius 2 is 2.54 bits per heavy atom.